The van der Waals surface area contributed by atoms with Crippen LogP contribution < -0.4 is 0 Å². The summed E-state index contributed by atoms with van der Waals surface area (Å²) in [6, 6.07) is 4.49. The molecule has 0 saturated carbocycles. The van der Waals surface area contributed by atoms with Crippen LogP contribution in [0.2, 0.25) is 0 Å². The number of nitrogens with one attached hydrogen (secondary N) is 1. The number of nitrogens with zero attached hydrogens (tertiary/aromatic N) is 1. The lowest BCUT2D eigenvalue weighted by Crippen LogP contribution is -2.01. The van der Waals surface area contributed by atoms with E-state index in [0.717, 1.165) is 15.4 Å². The number of hydrogen-bond acceptors (Lipinski definition) is 2. The van der Waals surface area contributed by atoms with Gasteiger partial charge in [-0.3, -0.25) is 0 Å². The van der Waals surface area contributed by atoms with Gasteiger partial charge in [-0.05, 0) is 51.7 Å². The van der Waals surface area contributed by atoms with Crippen LogP contribution in [0.15, 0.2) is 28.1 Å². The fourth-order valence-corrected chi connectivity index (χ4v) is 3.65. The van der Waals surface area contributed by atoms with Gasteiger partial charge in [0.1, 0.15) is 5.52 Å². The van der Waals surface area contributed by atoms with E-state index in [-0.39, 0.29) is 5.52 Å². The zero-order chi connectivity index (χ0) is 13.6. The fraction of sp³-hybridized carbons (Fsp3) is 0.0833. The number of halogens is 3. The van der Waals surface area contributed by atoms with E-state index >= 15 is 0 Å². The van der Waals surface area contributed by atoms with Gasteiger partial charge in [-0.25, -0.2) is 8.78 Å². The summed E-state index contributed by atoms with van der Waals surface area (Å²) in [5.74, 6) is -1.75. The molecule has 0 aliphatic rings. The van der Waals surface area contributed by atoms with E-state index < -0.39 is 11.6 Å². The fourth-order valence-electron chi connectivity index (χ4n) is 1.92. The van der Waals surface area contributed by atoms with Crippen molar-refractivity contribution in [3.05, 3.63) is 49.3 Å². The summed E-state index contributed by atoms with van der Waals surface area (Å²) in [5.41, 5.74) is 0.668. The van der Waals surface area contributed by atoms with Crippen LogP contribution >= 0.6 is 39.5 Å². The molecule has 19 heavy (non-hydrogen) atoms. The van der Waals surface area contributed by atoms with Crippen molar-refractivity contribution in [1.29, 1.82) is 0 Å². The first-order valence-corrected chi connectivity index (χ1v) is 7.44. The van der Waals surface area contributed by atoms with Gasteiger partial charge in [0, 0.05) is 9.35 Å². The Morgan fingerprint density at radius 1 is 1.32 bits per heavy atom. The molecule has 0 saturated heterocycles. The van der Waals surface area contributed by atoms with E-state index in [4.69, 9.17) is 12.2 Å². The molecule has 1 N–H and O–H groups in total. The Morgan fingerprint density at radius 3 is 2.79 bits per heavy atom. The molecule has 0 aliphatic carbocycles. The van der Waals surface area contributed by atoms with Crippen molar-refractivity contribution < 1.29 is 8.78 Å². The van der Waals surface area contributed by atoms with Crippen LogP contribution in [-0.2, 0) is 6.54 Å². The lowest BCUT2D eigenvalue weighted by Gasteiger charge is -2.04. The van der Waals surface area contributed by atoms with Gasteiger partial charge in [0.05, 0.1) is 12.1 Å². The maximum Gasteiger partial charge on any atom is 0.184 e. The second-order valence-electron chi connectivity index (χ2n) is 3.97. The minimum Gasteiger partial charge on any atom is -0.330 e. The standard InChI is InChI=1S/C12H7BrF2N2S2/c13-6-3-4-19-9(6)5-17-11-8(16-12(17)18)2-1-7(14)10(11)15/h1-4H,5H2,(H,16,18). The van der Waals surface area contributed by atoms with Crippen LogP contribution in [0.5, 0.6) is 0 Å². The average Bonchev–Trinajstić information content (AvgIpc) is 2.91. The molecule has 0 spiro atoms. The third-order valence-electron chi connectivity index (χ3n) is 2.82. The van der Waals surface area contributed by atoms with E-state index in [9.17, 15) is 8.78 Å². The highest BCUT2D eigenvalue weighted by atomic mass is 79.9. The summed E-state index contributed by atoms with van der Waals surface area (Å²) in [7, 11) is 0. The molecular weight excluding hydrogens is 354 g/mol. The largest absolute Gasteiger partial charge is 0.330 e. The first kappa shape index (κ1) is 13.0. The molecule has 3 rings (SSSR count). The zero-order valence-corrected chi connectivity index (χ0v) is 12.6. The number of hydrogen-bond donors (Lipinski definition) is 1. The third kappa shape index (κ3) is 2.15. The van der Waals surface area contributed by atoms with Crippen LogP contribution in [0.3, 0.4) is 0 Å². The SMILES string of the molecule is Fc1ccc2[nH]c(=S)n(Cc3sccc3Br)c2c1F. The van der Waals surface area contributed by atoms with Crippen LogP contribution in [0.4, 0.5) is 8.78 Å². The Bertz CT molecular complexity index is 819. The number of H-pyrrole nitrogens is 1. The highest BCUT2D eigenvalue weighted by Gasteiger charge is 2.15. The number of aromatic nitrogens is 2. The molecule has 0 amide bonds. The van der Waals surface area contributed by atoms with Crippen molar-refractivity contribution in [2.24, 2.45) is 0 Å². The maximum absolute atomic E-state index is 13.9. The van der Waals surface area contributed by atoms with Gasteiger partial charge in [0.15, 0.2) is 16.4 Å². The Kier molecular flexibility index (Phi) is 3.28. The summed E-state index contributed by atoms with van der Waals surface area (Å²) in [4.78, 5) is 3.89. The van der Waals surface area contributed by atoms with E-state index in [2.05, 4.69) is 20.9 Å². The normalized spacial score (nSPS) is 11.3. The molecule has 7 heteroatoms. The number of benzene rings is 1. The van der Waals surface area contributed by atoms with Gasteiger partial charge < -0.3 is 9.55 Å². The highest BCUT2D eigenvalue weighted by molar-refractivity contribution is 9.10. The molecule has 0 bridgehead atoms. The van der Waals surface area contributed by atoms with Crippen molar-refractivity contribution in [2.75, 3.05) is 0 Å². The lowest BCUT2D eigenvalue weighted by atomic mass is 10.3. The maximum atomic E-state index is 13.9. The van der Waals surface area contributed by atoms with Gasteiger partial charge in [0.2, 0.25) is 0 Å². The number of rotatable bonds is 2. The van der Waals surface area contributed by atoms with Gasteiger partial charge in [-0.15, -0.1) is 11.3 Å². The number of aromatic amines is 1. The van der Waals surface area contributed by atoms with E-state index in [1.807, 2.05) is 11.4 Å². The van der Waals surface area contributed by atoms with Gasteiger partial charge in [-0.1, -0.05) is 0 Å². The number of imidazole rings is 1. The summed E-state index contributed by atoms with van der Waals surface area (Å²) in [5, 5.41) is 1.93. The Hall–Kier alpha value is -1.05. The lowest BCUT2D eigenvalue weighted by molar-refractivity contribution is 0.512. The molecule has 2 heterocycles. The second kappa shape index (κ2) is 4.81. The molecule has 98 valence electrons. The molecule has 1 aromatic carbocycles. The molecule has 0 atom stereocenters. The van der Waals surface area contributed by atoms with Crippen molar-refractivity contribution in [2.45, 2.75) is 6.54 Å². The quantitative estimate of drug-likeness (QED) is 0.647. The average molecular weight is 361 g/mol. The summed E-state index contributed by atoms with van der Waals surface area (Å²) >= 11 is 10.1. The van der Waals surface area contributed by atoms with Gasteiger partial charge >= 0.3 is 0 Å². The monoisotopic (exact) mass is 360 g/mol. The third-order valence-corrected chi connectivity index (χ3v) is 5.05. The van der Waals surface area contributed by atoms with Gasteiger partial charge in [-0.2, -0.15) is 0 Å². The van der Waals surface area contributed by atoms with Gasteiger partial charge in [0.25, 0.3) is 0 Å². The van der Waals surface area contributed by atoms with Crippen LogP contribution in [0.1, 0.15) is 4.88 Å². The number of fused-ring (bicyclic) bond motifs is 1. The molecular formula is C12H7BrF2N2S2. The predicted octanol–water partition coefficient (Wildman–Crippen LogP) is 4.85. The van der Waals surface area contributed by atoms with E-state index in [1.54, 1.807) is 4.57 Å². The first-order chi connectivity index (χ1) is 9.08. The Labute approximate surface area is 124 Å². The molecule has 0 unspecified atom stereocenters. The minimum absolute atomic E-state index is 0.172. The second-order valence-corrected chi connectivity index (χ2v) is 6.21. The van der Waals surface area contributed by atoms with Crippen molar-refractivity contribution >= 4 is 50.5 Å². The molecule has 2 aromatic heterocycles. The van der Waals surface area contributed by atoms with E-state index in [0.29, 0.717) is 16.8 Å². The zero-order valence-electron chi connectivity index (χ0n) is 9.41. The topological polar surface area (TPSA) is 20.7 Å². The molecule has 0 fully saturated rings. The van der Waals surface area contributed by atoms with Crippen LogP contribution in [-0.4, -0.2) is 9.55 Å². The highest BCUT2D eigenvalue weighted by Crippen LogP contribution is 2.27. The molecule has 2 nitrogen and oxygen atoms in total. The summed E-state index contributed by atoms with van der Waals surface area (Å²) < 4.78 is 30.2. The van der Waals surface area contributed by atoms with E-state index in [1.165, 1.54) is 17.4 Å². The summed E-state index contributed by atoms with van der Waals surface area (Å²) in [6.45, 7) is 0.400. The minimum atomic E-state index is -0.877. The Balaban J connectivity index is 2.23. The van der Waals surface area contributed by atoms with Crippen molar-refractivity contribution in [1.82, 2.24) is 9.55 Å². The molecule has 0 aliphatic heterocycles. The molecule has 3 aromatic rings. The van der Waals surface area contributed by atoms with Crippen molar-refractivity contribution in [3.8, 4) is 0 Å². The molecule has 0 radical (unpaired) electrons. The Morgan fingerprint density at radius 2 is 2.11 bits per heavy atom. The first-order valence-electron chi connectivity index (χ1n) is 5.36. The number of thiophene rings is 1. The van der Waals surface area contributed by atoms with Crippen LogP contribution in [0, 0.1) is 16.4 Å². The predicted molar refractivity (Wildman–Crippen MR) is 78.2 cm³/mol. The van der Waals surface area contributed by atoms with Crippen LogP contribution in [0.25, 0.3) is 11.0 Å². The summed E-state index contributed by atoms with van der Waals surface area (Å²) in [6.07, 6.45) is 0. The smallest absolute Gasteiger partial charge is 0.184 e. The van der Waals surface area contributed by atoms with Crippen molar-refractivity contribution in [3.63, 3.8) is 0 Å².